The van der Waals surface area contributed by atoms with Gasteiger partial charge in [-0.25, -0.2) is 4.98 Å². The molecule has 2 heterocycles. The molecule has 1 amide bonds. The van der Waals surface area contributed by atoms with Crippen molar-refractivity contribution in [3.8, 4) is 0 Å². The lowest BCUT2D eigenvalue weighted by molar-refractivity contribution is -0.115. The van der Waals surface area contributed by atoms with E-state index in [0.29, 0.717) is 40.6 Å². The zero-order valence-electron chi connectivity index (χ0n) is 15.0. The minimum absolute atomic E-state index is 0.0368. The van der Waals surface area contributed by atoms with Gasteiger partial charge in [0.2, 0.25) is 5.91 Å². The summed E-state index contributed by atoms with van der Waals surface area (Å²) >= 11 is 1.18. The van der Waals surface area contributed by atoms with Crippen LogP contribution in [0.4, 0.5) is 5.82 Å². The molecule has 3 aromatic rings. The summed E-state index contributed by atoms with van der Waals surface area (Å²) in [5.74, 6) is 0.665. The molecule has 0 saturated carbocycles. The summed E-state index contributed by atoms with van der Waals surface area (Å²) in [6.07, 6.45) is 0.423. The van der Waals surface area contributed by atoms with E-state index in [1.165, 1.54) is 16.3 Å². The van der Waals surface area contributed by atoms with Gasteiger partial charge in [0.15, 0.2) is 11.0 Å². The average molecular weight is 388 g/mol. The van der Waals surface area contributed by atoms with Crippen LogP contribution in [0.3, 0.4) is 0 Å². The van der Waals surface area contributed by atoms with Crippen LogP contribution in [0.1, 0.15) is 19.1 Å². The number of thioether (sulfide) groups is 1. The van der Waals surface area contributed by atoms with Gasteiger partial charge in [0.1, 0.15) is 5.76 Å². The molecular weight excluding hydrogens is 368 g/mol. The number of carbonyl (C=O) groups is 1. The van der Waals surface area contributed by atoms with Crippen LogP contribution < -0.4 is 10.9 Å². The number of aliphatic hydroxyl groups is 1. The van der Waals surface area contributed by atoms with Gasteiger partial charge in [-0.15, -0.1) is 0 Å². The number of carbonyl (C=O) groups excluding carboxylic acids is 1. The van der Waals surface area contributed by atoms with Crippen LogP contribution in [0, 0.1) is 6.92 Å². The van der Waals surface area contributed by atoms with Gasteiger partial charge < -0.3 is 14.9 Å². The van der Waals surface area contributed by atoms with Crippen molar-refractivity contribution in [3.05, 3.63) is 46.4 Å². The number of aryl methyl sites for hydroxylation is 1. The summed E-state index contributed by atoms with van der Waals surface area (Å²) < 4.78 is 6.44. The fraction of sp³-hybridized carbons (Fsp3) is 0.333. The molecule has 3 rings (SSSR count). The molecule has 1 aromatic carbocycles. The largest absolute Gasteiger partial charge is 0.396 e. The quantitative estimate of drug-likeness (QED) is 0.471. The highest BCUT2D eigenvalue weighted by molar-refractivity contribution is 8.00. The van der Waals surface area contributed by atoms with E-state index in [1.54, 1.807) is 38.1 Å². The fourth-order valence-corrected chi connectivity index (χ4v) is 3.46. The van der Waals surface area contributed by atoms with E-state index < -0.39 is 5.25 Å². The van der Waals surface area contributed by atoms with Crippen LogP contribution in [-0.4, -0.2) is 37.6 Å². The molecule has 8 nitrogen and oxygen atoms in total. The third-order valence-corrected chi connectivity index (χ3v) is 4.99. The molecule has 0 fully saturated rings. The van der Waals surface area contributed by atoms with E-state index in [4.69, 9.17) is 9.63 Å². The first kappa shape index (κ1) is 19.1. The Morgan fingerprint density at radius 3 is 2.89 bits per heavy atom. The van der Waals surface area contributed by atoms with Gasteiger partial charge in [-0.1, -0.05) is 29.1 Å². The average Bonchev–Trinajstić information content (AvgIpc) is 3.06. The van der Waals surface area contributed by atoms with Gasteiger partial charge in [0.25, 0.3) is 5.56 Å². The number of aromatic nitrogens is 3. The summed E-state index contributed by atoms with van der Waals surface area (Å²) in [6, 6.07) is 8.70. The second-order valence-corrected chi connectivity index (χ2v) is 7.33. The van der Waals surface area contributed by atoms with Crippen molar-refractivity contribution in [1.29, 1.82) is 0 Å². The molecule has 9 heteroatoms. The molecule has 0 aliphatic carbocycles. The zero-order chi connectivity index (χ0) is 19.4. The molecule has 2 aromatic heterocycles. The number of rotatable bonds is 7. The van der Waals surface area contributed by atoms with E-state index in [0.717, 1.165) is 0 Å². The van der Waals surface area contributed by atoms with Gasteiger partial charge in [0, 0.05) is 19.2 Å². The Morgan fingerprint density at radius 2 is 2.19 bits per heavy atom. The van der Waals surface area contributed by atoms with Crippen LogP contribution in [0.25, 0.3) is 10.9 Å². The van der Waals surface area contributed by atoms with E-state index in [1.807, 2.05) is 6.07 Å². The van der Waals surface area contributed by atoms with Crippen molar-refractivity contribution in [3.63, 3.8) is 0 Å². The molecule has 142 valence electrons. The van der Waals surface area contributed by atoms with Crippen molar-refractivity contribution < 1.29 is 14.4 Å². The Bertz CT molecular complexity index is 1010. The van der Waals surface area contributed by atoms with Gasteiger partial charge >= 0.3 is 0 Å². The Kier molecular flexibility index (Phi) is 5.92. The maximum Gasteiger partial charge on any atom is 0.262 e. The molecule has 0 unspecified atom stereocenters. The first-order valence-electron chi connectivity index (χ1n) is 8.51. The number of anilines is 1. The van der Waals surface area contributed by atoms with Crippen molar-refractivity contribution in [1.82, 2.24) is 14.7 Å². The number of hydrogen-bond acceptors (Lipinski definition) is 7. The molecule has 1 atom stereocenters. The van der Waals surface area contributed by atoms with Gasteiger partial charge in [-0.05, 0) is 32.4 Å². The highest BCUT2D eigenvalue weighted by Gasteiger charge is 2.20. The monoisotopic (exact) mass is 388 g/mol. The lowest BCUT2D eigenvalue weighted by Crippen LogP contribution is -2.27. The highest BCUT2D eigenvalue weighted by atomic mass is 32.2. The molecule has 0 aliphatic rings. The number of nitrogens with one attached hydrogen (secondary N) is 1. The van der Waals surface area contributed by atoms with Crippen LogP contribution >= 0.6 is 11.8 Å². The molecule has 0 saturated heterocycles. The number of aliphatic hydroxyl groups excluding tert-OH is 1. The van der Waals surface area contributed by atoms with Crippen molar-refractivity contribution >= 4 is 34.4 Å². The lowest BCUT2D eigenvalue weighted by atomic mass is 10.2. The highest BCUT2D eigenvalue weighted by Crippen LogP contribution is 2.24. The first-order valence-corrected chi connectivity index (χ1v) is 9.39. The number of fused-ring (bicyclic) bond motifs is 1. The van der Waals surface area contributed by atoms with Crippen molar-refractivity contribution in [2.45, 2.75) is 37.2 Å². The van der Waals surface area contributed by atoms with Gasteiger partial charge in [0.05, 0.1) is 16.2 Å². The predicted molar refractivity (Wildman–Crippen MR) is 103 cm³/mol. The van der Waals surface area contributed by atoms with E-state index in [-0.39, 0.29) is 18.1 Å². The Morgan fingerprint density at radius 1 is 1.41 bits per heavy atom. The molecule has 27 heavy (non-hydrogen) atoms. The normalized spacial score (nSPS) is 12.3. The molecule has 0 radical (unpaired) electrons. The standard InChI is InChI=1S/C18H20N4O4S/c1-11-10-15(21-26-11)20-16(24)12(2)27-18-19-14-7-4-3-6-13(14)17(25)22(18)8-5-9-23/h3-4,6-7,10,12,23H,5,8-9H2,1-2H3,(H,20,21,24)/t12-/m0/s1. The smallest absolute Gasteiger partial charge is 0.262 e. The predicted octanol–water partition coefficient (Wildman–Crippen LogP) is 2.19. The lowest BCUT2D eigenvalue weighted by Gasteiger charge is -2.15. The third kappa shape index (κ3) is 4.37. The summed E-state index contributed by atoms with van der Waals surface area (Å²) in [7, 11) is 0. The minimum atomic E-state index is -0.518. The van der Waals surface area contributed by atoms with Gasteiger partial charge in [-0.3, -0.25) is 14.2 Å². The number of para-hydroxylation sites is 1. The molecule has 0 spiro atoms. The molecule has 0 aliphatic heterocycles. The van der Waals surface area contributed by atoms with Crippen molar-refractivity contribution in [2.24, 2.45) is 0 Å². The number of benzene rings is 1. The SMILES string of the molecule is Cc1cc(NC(=O)[C@H](C)Sc2nc3ccccc3c(=O)n2CCCO)no1. The summed E-state index contributed by atoms with van der Waals surface area (Å²) in [5.41, 5.74) is 0.390. The number of hydrogen-bond donors (Lipinski definition) is 2. The molecule has 0 bridgehead atoms. The first-order chi connectivity index (χ1) is 13.0. The van der Waals surface area contributed by atoms with Crippen LogP contribution in [0.5, 0.6) is 0 Å². The van der Waals surface area contributed by atoms with E-state index in [9.17, 15) is 9.59 Å². The maximum atomic E-state index is 12.8. The molecule has 2 N–H and O–H groups in total. The van der Waals surface area contributed by atoms with Crippen molar-refractivity contribution in [2.75, 3.05) is 11.9 Å². The Labute approximate surface area is 159 Å². The van der Waals surface area contributed by atoms with Crippen LogP contribution in [0.15, 0.2) is 44.8 Å². The van der Waals surface area contributed by atoms with Crippen LogP contribution in [0.2, 0.25) is 0 Å². The summed E-state index contributed by atoms with van der Waals surface area (Å²) in [4.78, 5) is 29.8. The van der Waals surface area contributed by atoms with E-state index >= 15 is 0 Å². The minimum Gasteiger partial charge on any atom is -0.396 e. The second kappa shape index (κ2) is 8.36. The zero-order valence-corrected chi connectivity index (χ0v) is 15.8. The second-order valence-electron chi connectivity index (χ2n) is 6.02. The number of nitrogens with zero attached hydrogens (tertiary/aromatic N) is 3. The Hall–Kier alpha value is -2.65. The van der Waals surface area contributed by atoms with E-state index in [2.05, 4.69) is 15.5 Å². The van der Waals surface area contributed by atoms with Crippen LogP contribution in [-0.2, 0) is 11.3 Å². The third-order valence-electron chi connectivity index (χ3n) is 3.90. The fourth-order valence-electron chi connectivity index (χ4n) is 2.53. The van der Waals surface area contributed by atoms with Gasteiger partial charge in [-0.2, -0.15) is 0 Å². The maximum absolute atomic E-state index is 12.8. The Balaban J connectivity index is 1.87. The molecular formula is C18H20N4O4S. The number of amides is 1. The summed E-state index contributed by atoms with van der Waals surface area (Å²) in [5, 5.41) is 16.0. The topological polar surface area (TPSA) is 110 Å². The summed E-state index contributed by atoms with van der Waals surface area (Å²) in [6.45, 7) is 3.75.